The lowest BCUT2D eigenvalue weighted by molar-refractivity contribution is -0.120. The predicted molar refractivity (Wildman–Crippen MR) is 122 cm³/mol. The van der Waals surface area contributed by atoms with Crippen molar-refractivity contribution in [2.24, 2.45) is 0 Å². The molecule has 0 aliphatic heterocycles. The van der Waals surface area contributed by atoms with Crippen LogP contribution in [0.5, 0.6) is 5.75 Å². The van der Waals surface area contributed by atoms with E-state index in [0.29, 0.717) is 23.6 Å². The van der Waals surface area contributed by atoms with Crippen molar-refractivity contribution < 1.29 is 9.53 Å². The van der Waals surface area contributed by atoms with E-state index in [1.165, 1.54) is 31.0 Å². The van der Waals surface area contributed by atoms with E-state index in [1.54, 1.807) is 4.52 Å². The molecule has 31 heavy (non-hydrogen) atoms. The van der Waals surface area contributed by atoms with E-state index in [9.17, 15) is 4.79 Å². The van der Waals surface area contributed by atoms with Crippen molar-refractivity contribution in [3.05, 3.63) is 46.8 Å². The number of nitrogens with one attached hydrogen (secondary N) is 1. The van der Waals surface area contributed by atoms with E-state index in [0.717, 1.165) is 41.1 Å². The Morgan fingerprint density at radius 1 is 1.16 bits per heavy atom. The van der Waals surface area contributed by atoms with E-state index in [2.05, 4.69) is 20.4 Å². The number of ether oxygens (including phenoxy) is 1. The molecule has 2 aromatic heterocycles. The average molecular weight is 440 g/mol. The number of fused-ring (bicyclic) bond motifs is 1. The van der Waals surface area contributed by atoms with Crippen molar-refractivity contribution in [2.75, 3.05) is 6.26 Å². The number of carbonyl (C=O) groups is 1. The van der Waals surface area contributed by atoms with Crippen LogP contribution in [0.4, 0.5) is 0 Å². The fourth-order valence-electron chi connectivity index (χ4n) is 4.02. The van der Waals surface area contributed by atoms with Gasteiger partial charge in [0.1, 0.15) is 5.75 Å². The third-order valence-corrected chi connectivity index (χ3v) is 6.36. The van der Waals surface area contributed by atoms with Gasteiger partial charge in [-0.2, -0.15) is 4.98 Å². The topological polar surface area (TPSA) is 81.4 Å². The van der Waals surface area contributed by atoms with Crippen LogP contribution in [-0.4, -0.2) is 37.8 Å². The van der Waals surface area contributed by atoms with Gasteiger partial charge >= 0.3 is 0 Å². The van der Waals surface area contributed by atoms with Crippen molar-refractivity contribution in [1.82, 2.24) is 24.9 Å². The van der Waals surface area contributed by atoms with Crippen LogP contribution in [0.2, 0.25) is 0 Å². The third-order valence-electron chi connectivity index (χ3n) is 5.82. The third kappa shape index (κ3) is 5.18. The number of rotatable bonds is 7. The number of nitrogens with zero attached hydrogens (tertiary/aromatic N) is 4. The molecule has 0 radical (unpaired) electrons. The van der Waals surface area contributed by atoms with E-state index >= 15 is 0 Å². The van der Waals surface area contributed by atoms with Crippen molar-refractivity contribution in [1.29, 1.82) is 0 Å². The second-order valence-electron chi connectivity index (χ2n) is 8.05. The molecule has 0 bridgehead atoms. The van der Waals surface area contributed by atoms with Gasteiger partial charge in [0.15, 0.2) is 0 Å². The van der Waals surface area contributed by atoms with Gasteiger partial charge in [0, 0.05) is 23.5 Å². The lowest BCUT2D eigenvalue weighted by atomic mass is 9.98. The molecule has 1 aromatic carbocycles. The summed E-state index contributed by atoms with van der Waals surface area (Å²) in [5.74, 6) is 1.43. The summed E-state index contributed by atoms with van der Waals surface area (Å²) in [6.07, 6.45) is 8.65. The van der Waals surface area contributed by atoms with Crippen LogP contribution >= 0.6 is 11.8 Å². The van der Waals surface area contributed by atoms with Crippen LogP contribution in [0.1, 0.15) is 54.6 Å². The first-order chi connectivity index (χ1) is 15.0. The number of hydrogen-bond acceptors (Lipinski definition) is 6. The Kier molecular flexibility index (Phi) is 6.75. The first-order valence-electron chi connectivity index (χ1n) is 10.8. The zero-order valence-electron chi connectivity index (χ0n) is 18.4. The minimum atomic E-state index is -0.0416. The molecule has 1 aliphatic carbocycles. The Morgan fingerprint density at radius 2 is 1.90 bits per heavy atom. The maximum atomic E-state index is 12.6. The van der Waals surface area contributed by atoms with Gasteiger partial charge in [0.25, 0.3) is 5.78 Å². The van der Waals surface area contributed by atoms with Gasteiger partial charge in [0.05, 0.1) is 12.5 Å². The number of benzene rings is 1. The van der Waals surface area contributed by atoms with Crippen LogP contribution < -0.4 is 10.1 Å². The van der Waals surface area contributed by atoms with Gasteiger partial charge in [-0.3, -0.25) is 4.79 Å². The molecule has 1 saturated carbocycles. The van der Waals surface area contributed by atoms with Gasteiger partial charge < -0.3 is 10.1 Å². The summed E-state index contributed by atoms with van der Waals surface area (Å²) in [5, 5.41) is 8.13. The lowest BCUT2D eigenvalue weighted by Crippen LogP contribution is -2.26. The van der Waals surface area contributed by atoms with Crippen molar-refractivity contribution in [3.8, 4) is 5.75 Å². The van der Waals surface area contributed by atoms with E-state index in [-0.39, 0.29) is 12.3 Å². The van der Waals surface area contributed by atoms with Crippen LogP contribution in [0.25, 0.3) is 5.78 Å². The second-order valence-corrected chi connectivity index (χ2v) is 8.82. The van der Waals surface area contributed by atoms with E-state index < -0.39 is 0 Å². The smallest absolute Gasteiger partial charge is 0.253 e. The molecule has 164 valence electrons. The number of thioether (sulfide) groups is 1. The number of hydrogen-bond donors (Lipinski definition) is 1. The lowest BCUT2D eigenvalue weighted by Gasteiger charge is -2.23. The fourth-order valence-corrected chi connectivity index (χ4v) is 4.35. The molecule has 1 fully saturated rings. The highest BCUT2D eigenvalue weighted by Gasteiger charge is 2.16. The Labute approximate surface area is 187 Å². The monoisotopic (exact) mass is 439 g/mol. The maximum absolute atomic E-state index is 12.6. The summed E-state index contributed by atoms with van der Waals surface area (Å²) in [5.41, 5.74) is 3.64. The average Bonchev–Trinajstić information content (AvgIpc) is 3.20. The molecule has 4 rings (SSSR count). The second kappa shape index (κ2) is 9.68. The minimum Gasteiger partial charge on any atom is -0.490 e. The molecule has 3 aromatic rings. The fraction of sp³-hybridized carbons (Fsp3) is 0.478. The number of aryl methyl sites for hydroxylation is 2. The Hall–Kier alpha value is -2.61. The Morgan fingerprint density at radius 3 is 2.61 bits per heavy atom. The Bertz CT molecular complexity index is 1060. The highest BCUT2D eigenvalue weighted by Crippen LogP contribution is 2.23. The molecule has 0 saturated heterocycles. The van der Waals surface area contributed by atoms with Gasteiger partial charge in [-0.05, 0) is 63.5 Å². The summed E-state index contributed by atoms with van der Waals surface area (Å²) in [7, 11) is 0. The SMILES string of the molecule is CSc1nc2nc(C)c(CC(=O)NCc3ccc(OC4CCCCC4)cc3)c(C)n2n1. The molecule has 0 atom stereocenters. The predicted octanol–water partition coefficient (Wildman–Crippen LogP) is 4.03. The van der Waals surface area contributed by atoms with Crippen molar-refractivity contribution >= 4 is 23.4 Å². The molecule has 0 spiro atoms. The molecule has 8 heteroatoms. The van der Waals surface area contributed by atoms with Gasteiger partial charge in [0.2, 0.25) is 11.1 Å². The molecular formula is C23H29N5O2S. The van der Waals surface area contributed by atoms with Crippen LogP contribution in [0, 0.1) is 13.8 Å². The zero-order valence-corrected chi connectivity index (χ0v) is 19.2. The summed E-state index contributed by atoms with van der Waals surface area (Å²) < 4.78 is 7.79. The molecule has 7 nitrogen and oxygen atoms in total. The molecule has 1 N–H and O–H groups in total. The maximum Gasteiger partial charge on any atom is 0.253 e. The van der Waals surface area contributed by atoms with Crippen molar-refractivity contribution in [2.45, 2.75) is 70.2 Å². The molecule has 1 amide bonds. The van der Waals surface area contributed by atoms with Crippen molar-refractivity contribution in [3.63, 3.8) is 0 Å². The normalized spacial score (nSPS) is 14.7. The Balaban J connectivity index is 1.35. The summed E-state index contributed by atoms with van der Waals surface area (Å²) in [6, 6.07) is 8.02. The molecule has 0 unspecified atom stereocenters. The first kappa shape index (κ1) is 21.6. The highest BCUT2D eigenvalue weighted by atomic mass is 32.2. The summed E-state index contributed by atoms with van der Waals surface area (Å²) in [4.78, 5) is 21.5. The van der Waals surface area contributed by atoms with E-state index in [4.69, 9.17) is 4.74 Å². The van der Waals surface area contributed by atoms with Crippen LogP contribution in [-0.2, 0) is 17.8 Å². The minimum absolute atomic E-state index is 0.0416. The molecule has 1 aliphatic rings. The largest absolute Gasteiger partial charge is 0.490 e. The number of carbonyl (C=O) groups excluding carboxylic acids is 1. The number of aromatic nitrogens is 4. The van der Waals surface area contributed by atoms with Crippen LogP contribution in [0.15, 0.2) is 29.4 Å². The molecule has 2 heterocycles. The van der Waals surface area contributed by atoms with Gasteiger partial charge in [-0.25, -0.2) is 9.50 Å². The first-order valence-corrected chi connectivity index (χ1v) is 12.0. The zero-order chi connectivity index (χ0) is 21.8. The quantitative estimate of drug-likeness (QED) is 0.560. The number of amides is 1. The van der Waals surface area contributed by atoms with Crippen LogP contribution in [0.3, 0.4) is 0 Å². The summed E-state index contributed by atoms with van der Waals surface area (Å²) in [6.45, 7) is 4.35. The standard InChI is InChI=1S/C23H29N5O2S/c1-15-20(16(2)28-22(25-15)26-23(27-28)31-3)13-21(29)24-14-17-9-11-19(12-10-17)30-18-7-5-4-6-8-18/h9-12,18H,4-8,13-14H2,1-3H3,(H,24,29). The summed E-state index contributed by atoms with van der Waals surface area (Å²) >= 11 is 1.47. The van der Waals surface area contributed by atoms with E-state index in [1.807, 2.05) is 44.4 Å². The highest BCUT2D eigenvalue weighted by molar-refractivity contribution is 7.98. The molecular weight excluding hydrogens is 410 g/mol. The van der Waals surface area contributed by atoms with Gasteiger partial charge in [-0.1, -0.05) is 30.3 Å². The van der Waals surface area contributed by atoms with Gasteiger partial charge in [-0.15, -0.1) is 5.10 Å².